The lowest BCUT2D eigenvalue weighted by atomic mass is 10.1. The second-order valence-electron chi connectivity index (χ2n) is 6.78. The molecule has 0 aliphatic rings. The summed E-state index contributed by atoms with van der Waals surface area (Å²) in [5, 5.41) is 10.4. The zero-order valence-corrected chi connectivity index (χ0v) is 18.5. The maximum absolute atomic E-state index is 12.4. The van der Waals surface area contributed by atoms with E-state index in [0.29, 0.717) is 30.6 Å². The minimum Gasteiger partial charge on any atom is -0.466 e. The van der Waals surface area contributed by atoms with Crippen molar-refractivity contribution >= 4 is 41.5 Å². The molecule has 2 aromatic rings. The molecule has 0 aliphatic heterocycles. The van der Waals surface area contributed by atoms with Crippen molar-refractivity contribution in [3.05, 3.63) is 57.3 Å². The topological polar surface area (TPSA) is 105 Å². The molecule has 6 nitrogen and oxygen atoms in total. The van der Waals surface area contributed by atoms with Gasteiger partial charge in [-0.25, -0.2) is 0 Å². The summed E-state index contributed by atoms with van der Waals surface area (Å²) in [6.45, 7) is 6.18. The summed E-state index contributed by atoms with van der Waals surface area (Å²) in [7, 11) is 0. The Hall–Kier alpha value is -2.38. The van der Waals surface area contributed by atoms with Crippen LogP contribution in [-0.2, 0) is 16.0 Å². The van der Waals surface area contributed by atoms with Gasteiger partial charge in [-0.3, -0.25) is 15.0 Å². The number of carbonyl (C=O) groups excluding carboxylic acids is 2. The predicted molar refractivity (Wildman–Crippen MR) is 119 cm³/mol. The van der Waals surface area contributed by atoms with E-state index < -0.39 is 0 Å². The lowest BCUT2D eigenvalue weighted by Crippen LogP contribution is -2.33. The largest absolute Gasteiger partial charge is 0.466 e. The fraction of sp³-hybridized carbons (Fsp3) is 0.381. The Labute approximate surface area is 181 Å². The van der Waals surface area contributed by atoms with Crippen LogP contribution in [0.1, 0.15) is 58.8 Å². The fourth-order valence-corrected chi connectivity index (χ4v) is 3.99. The molecule has 2 rings (SSSR count). The number of hydrogen-bond acceptors (Lipinski definition) is 5. The number of rotatable bonds is 9. The Morgan fingerprint density at radius 1 is 1.14 bits per heavy atom. The molecule has 1 heterocycles. The highest BCUT2D eigenvalue weighted by Crippen LogP contribution is 2.28. The molecule has 0 aliphatic carbocycles. The van der Waals surface area contributed by atoms with E-state index in [1.54, 1.807) is 42.5 Å². The van der Waals surface area contributed by atoms with Gasteiger partial charge in [0.05, 0.1) is 13.0 Å². The molecule has 8 heteroatoms. The second-order valence-corrected chi connectivity index (χ2v) is 7.98. The molecule has 2 atom stereocenters. The van der Waals surface area contributed by atoms with E-state index in [4.69, 9.17) is 15.9 Å². The van der Waals surface area contributed by atoms with Gasteiger partial charge in [0.25, 0.3) is 5.91 Å². The van der Waals surface area contributed by atoms with Crippen LogP contribution in [-0.4, -0.2) is 30.4 Å². The third-order valence-corrected chi connectivity index (χ3v) is 5.63. The minimum atomic E-state index is -0.179. The van der Waals surface area contributed by atoms with Crippen molar-refractivity contribution in [1.29, 1.82) is 5.41 Å². The number of ether oxygens (including phenoxy) is 1. The first-order valence-electron chi connectivity index (χ1n) is 9.29. The summed E-state index contributed by atoms with van der Waals surface area (Å²) in [6, 6.07) is 10.7. The highest BCUT2D eigenvalue weighted by Gasteiger charge is 2.16. The summed E-state index contributed by atoms with van der Waals surface area (Å²) in [4.78, 5) is 26.3. The van der Waals surface area contributed by atoms with Crippen LogP contribution >= 0.6 is 23.7 Å². The Morgan fingerprint density at radius 3 is 2.34 bits per heavy atom. The van der Waals surface area contributed by atoms with E-state index in [-0.39, 0.29) is 42.1 Å². The molecule has 1 amide bonds. The first kappa shape index (κ1) is 24.7. The van der Waals surface area contributed by atoms with Gasteiger partial charge in [-0.1, -0.05) is 19.1 Å². The number of nitrogens with one attached hydrogen (secondary N) is 2. The molecule has 0 spiro atoms. The summed E-state index contributed by atoms with van der Waals surface area (Å²) in [6.07, 6.45) is 1.09. The summed E-state index contributed by atoms with van der Waals surface area (Å²) < 4.78 is 5.01. The zero-order valence-electron chi connectivity index (χ0n) is 16.9. The molecule has 2 unspecified atom stereocenters. The normalized spacial score (nSPS) is 12.4. The average Bonchev–Trinajstić information content (AvgIpc) is 3.10. The zero-order chi connectivity index (χ0) is 20.7. The number of nitrogen functional groups attached to an aromatic ring is 1. The molecule has 0 saturated carbocycles. The van der Waals surface area contributed by atoms with Crippen LogP contribution in [0.25, 0.3) is 0 Å². The van der Waals surface area contributed by atoms with Gasteiger partial charge in [-0.05, 0) is 38.1 Å². The maximum atomic E-state index is 12.4. The van der Waals surface area contributed by atoms with E-state index in [1.165, 1.54) is 0 Å². The van der Waals surface area contributed by atoms with Crippen LogP contribution in [0.5, 0.6) is 0 Å². The molecular weight excluding hydrogens is 410 g/mol. The highest BCUT2D eigenvalue weighted by molar-refractivity contribution is 7.12. The summed E-state index contributed by atoms with van der Waals surface area (Å²) >= 11 is 1.66. The number of halogens is 1. The maximum Gasteiger partial charge on any atom is 0.306 e. The third kappa shape index (κ3) is 7.51. The van der Waals surface area contributed by atoms with Gasteiger partial charge in [0.2, 0.25) is 0 Å². The molecule has 158 valence electrons. The average molecular weight is 438 g/mol. The molecule has 0 bridgehead atoms. The van der Waals surface area contributed by atoms with E-state index in [1.807, 2.05) is 26.0 Å². The summed E-state index contributed by atoms with van der Waals surface area (Å²) in [5.41, 5.74) is 6.55. The Bertz CT molecular complexity index is 836. The number of benzene rings is 1. The second kappa shape index (κ2) is 11.6. The molecule has 29 heavy (non-hydrogen) atoms. The van der Waals surface area contributed by atoms with E-state index in [2.05, 4.69) is 5.32 Å². The number of amides is 1. The first-order chi connectivity index (χ1) is 13.3. The van der Waals surface area contributed by atoms with Crippen LogP contribution in [0.2, 0.25) is 0 Å². The van der Waals surface area contributed by atoms with Crippen molar-refractivity contribution in [2.75, 3.05) is 6.61 Å². The number of carbonyl (C=O) groups is 2. The number of amidine groups is 1. The molecule has 0 saturated heterocycles. The molecule has 1 aromatic heterocycles. The van der Waals surface area contributed by atoms with Crippen molar-refractivity contribution in [3.8, 4) is 0 Å². The molecule has 4 N–H and O–H groups in total. The smallest absolute Gasteiger partial charge is 0.306 e. The Kier molecular flexibility index (Phi) is 9.85. The van der Waals surface area contributed by atoms with Gasteiger partial charge in [-0.2, -0.15) is 0 Å². The highest BCUT2D eigenvalue weighted by atomic mass is 35.5. The molecule has 0 fully saturated rings. The Balaban J connectivity index is 0.00000420. The van der Waals surface area contributed by atoms with Gasteiger partial charge in [0.1, 0.15) is 5.84 Å². The summed E-state index contributed by atoms with van der Waals surface area (Å²) in [5.74, 6) is -0.245. The lowest BCUT2D eigenvalue weighted by Gasteiger charge is -2.13. The lowest BCUT2D eigenvalue weighted by molar-refractivity contribution is -0.143. The van der Waals surface area contributed by atoms with E-state index in [9.17, 15) is 9.59 Å². The quantitative estimate of drug-likeness (QED) is 0.314. The monoisotopic (exact) mass is 437 g/mol. The molecule has 1 aromatic carbocycles. The van der Waals surface area contributed by atoms with Crippen LogP contribution in [0.4, 0.5) is 0 Å². The van der Waals surface area contributed by atoms with Crippen LogP contribution in [0, 0.1) is 5.41 Å². The minimum absolute atomic E-state index is 0. The number of hydrogen-bond donors (Lipinski definition) is 3. The molecular formula is C21H28ClN3O3S. The molecule has 0 radical (unpaired) electrons. The SMILES string of the molecule is CCOC(=O)CC(C)c1ccc(CC(C)NC(=O)c2ccc(C(=N)N)cc2)s1.Cl. The van der Waals surface area contributed by atoms with Crippen LogP contribution in [0.3, 0.4) is 0 Å². The van der Waals surface area contributed by atoms with Gasteiger partial charge < -0.3 is 15.8 Å². The van der Waals surface area contributed by atoms with Crippen molar-refractivity contribution in [2.24, 2.45) is 5.73 Å². The number of nitrogens with two attached hydrogens (primary N) is 1. The van der Waals surface area contributed by atoms with Crippen molar-refractivity contribution in [2.45, 2.75) is 45.6 Å². The van der Waals surface area contributed by atoms with Gasteiger partial charge in [-0.15, -0.1) is 23.7 Å². The third-order valence-electron chi connectivity index (χ3n) is 4.29. The van der Waals surface area contributed by atoms with Crippen molar-refractivity contribution in [1.82, 2.24) is 5.32 Å². The van der Waals surface area contributed by atoms with E-state index in [0.717, 1.165) is 9.75 Å². The van der Waals surface area contributed by atoms with E-state index >= 15 is 0 Å². The van der Waals surface area contributed by atoms with Crippen molar-refractivity contribution < 1.29 is 14.3 Å². The first-order valence-corrected chi connectivity index (χ1v) is 10.1. The number of thiophene rings is 1. The Morgan fingerprint density at radius 2 is 1.76 bits per heavy atom. The fourth-order valence-electron chi connectivity index (χ4n) is 2.80. The van der Waals surface area contributed by atoms with Gasteiger partial charge >= 0.3 is 5.97 Å². The van der Waals surface area contributed by atoms with Gasteiger partial charge in [0, 0.05) is 39.3 Å². The van der Waals surface area contributed by atoms with Crippen LogP contribution < -0.4 is 11.1 Å². The standard InChI is InChI=1S/C21H27N3O3S.ClH/c1-4-27-19(25)11-13(2)18-10-9-17(28-18)12-14(3)24-21(26)16-7-5-15(6-8-16)20(22)23;/h5-10,13-14H,4,11-12H2,1-3H3,(H3,22,23)(H,24,26);1H. The van der Waals surface area contributed by atoms with Crippen molar-refractivity contribution in [3.63, 3.8) is 0 Å². The number of esters is 1. The predicted octanol–water partition coefficient (Wildman–Crippen LogP) is 3.87. The van der Waals surface area contributed by atoms with Gasteiger partial charge in [0.15, 0.2) is 0 Å². The van der Waals surface area contributed by atoms with Crippen LogP contribution in [0.15, 0.2) is 36.4 Å².